The highest BCUT2D eigenvalue weighted by atomic mass is 19.4. The molecule has 8 heteroatoms. The van der Waals surface area contributed by atoms with E-state index in [1.165, 1.54) is 12.1 Å². The van der Waals surface area contributed by atoms with Crippen LogP contribution in [0.25, 0.3) is 0 Å². The number of aromatic nitrogens is 2. The van der Waals surface area contributed by atoms with E-state index >= 15 is 0 Å². The number of rotatable bonds is 7. The number of aryl methyl sites for hydroxylation is 1. The van der Waals surface area contributed by atoms with Crippen LogP contribution in [0, 0.1) is 6.92 Å². The Hall–Kier alpha value is -2.35. The summed E-state index contributed by atoms with van der Waals surface area (Å²) >= 11 is 0. The van der Waals surface area contributed by atoms with Crippen molar-refractivity contribution in [3.8, 4) is 0 Å². The van der Waals surface area contributed by atoms with Crippen molar-refractivity contribution in [2.45, 2.75) is 19.5 Å². The van der Waals surface area contributed by atoms with Gasteiger partial charge in [-0.3, -0.25) is 0 Å². The average molecular weight is 353 g/mol. The van der Waals surface area contributed by atoms with Crippen molar-refractivity contribution >= 4 is 17.5 Å². The summed E-state index contributed by atoms with van der Waals surface area (Å²) in [5, 5.41) is 6.16. The van der Waals surface area contributed by atoms with Gasteiger partial charge in [-0.05, 0) is 58.3 Å². The lowest BCUT2D eigenvalue weighted by molar-refractivity contribution is -0.137. The maximum Gasteiger partial charge on any atom is 0.416 e. The standard InChI is InChI=1S/C17H22F3N5/c1-12-11-15(21-9-4-10-25(2)3)24-16(22-12)23-14-7-5-13(6-8-14)17(18,19)20/h5-8,11H,4,9-10H2,1-3H3,(H2,21,22,23,24). The third kappa shape index (κ3) is 6.22. The summed E-state index contributed by atoms with van der Waals surface area (Å²) in [6, 6.07) is 6.60. The molecule has 1 aromatic heterocycles. The van der Waals surface area contributed by atoms with Gasteiger partial charge in [0.25, 0.3) is 0 Å². The van der Waals surface area contributed by atoms with Crippen LogP contribution in [0.15, 0.2) is 30.3 Å². The molecule has 0 amide bonds. The van der Waals surface area contributed by atoms with Crippen molar-refractivity contribution in [3.63, 3.8) is 0 Å². The van der Waals surface area contributed by atoms with Crippen LogP contribution in [-0.2, 0) is 6.18 Å². The quantitative estimate of drug-likeness (QED) is 0.739. The molecule has 0 aliphatic rings. The van der Waals surface area contributed by atoms with Crippen molar-refractivity contribution in [1.82, 2.24) is 14.9 Å². The van der Waals surface area contributed by atoms with Crippen molar-refractivity contribution in [1.29, 1.82) is 0 Å². The molecule has 1 heterocycles. The minimum absolute atomic E-state index is 0.342. The Morgan fingerprint density at radius 1 is 1.08 bits per heavy atom. The number of anilines is 3. The van der Waals surface area contributed by atoms with Crippen LogP contribution in [0.3, 0.4) is 0 Å². The summed E-state index contributed by atoms with van der Waals surface area (Å²) < 4.78 is 37.8. The van der Waals surface area contributed by atoms with Crippen molar-refractivity contribution in [2.75, 3.05) is 37.8 Å². The molecule has 0 radical (unpaired) electrons. The third-order valence-corrected chi connectivity index (χ3v) is 3.41. The zero-order chi connectivity index (χ0) is 18.4. The second kappa shape index (κ2) is 8.15. The van der Waals surface area contributed by atoms with Gasteiger partial charge in [-0.1, -0.05) is 0 Å². The number of benzene rings is 1. The first-order valence-electron chi connectivity index (χ1n) is 7.92. The highest BCUT2D eigenvalue weighted by Crippen LogP contribution is 2.30. The van der Waals surface area contributed by atoms with Gasteiger partial charge in [0.15, 0.2) is 0 Å². The van der Waals surface area contributed by atoms with Crippen LogP contribution in [0.4, 0.5) is 30.6 Å². The van der Waals surface area contributed by atoms with Gasteiger partial charge in [-0.15, -0.1) is 0 Å². The number of nitrogens with zero attached hydrogens (tertiary/aromatic N) is 3. The van der Waals surface area contributed by atoms with Gasteiger partial charge in [0.05, 0.1) is 5.56 Å². The normalized spacial score (nSPS) is 11.6. The zero-order valence-corrected chi connectivity index (χ0v) is 14.5. The van der Waals surface area contributed by atoms with E-state index in [1.54, 1.807) is 0 Å². The molecule has 0 aliphatic heterocycles. The van der Waals surface area contributed by atoms with Crippen molar-refractivity contribution in [3.05, 3.63) is 41.6 Å². The molecule has 0 bridgehead atoms. The van der Waals surface area contributed by atoms with E-state index in [4.69, 9.17) is 0 Å². The SMILES string of the molecule is Cc1cc(NCCCN(C)C)nc(Nc2ccc(C(F)(F)F)cc2)n1. The van der Waals surface area contributed by atoms with Gasteiger partial charge in [0, 0.05) is 24.0 Å². The number of hydrogen-bond acceptors (Lipinski definition) is 5. The van der Waals surface area contributed by atoms with Crippen LogP contribution in [0.2, 0.25) is 0 Å². The Kier molecular flexibility index (Phi) is 6.19. The fraction of sp³-hybridized carbons (Fsp3) is 0.412. The van der Waals surface area contributed by atoms with Gasteiger partial charge in [-0.2, -0.15) is 18.2 Å². The monoisotopic (exact) mass is 353 g/mol. The van der Waals surface area contributed by atoms with E-state index in [9.17, 15) is 13.2 Å². The Morgan fingerprint density at radius 3 is 2.36 bits per heavy atom. The van der Waals surface area contributed by atoms with Gasteiger partial charge in [-0.25, -0.2) is 4.98 Å². The highest BCUT2D eigenvalue weighted by Gasteiger charge is 2.29. The number of hydrogen-bond donors (Lipinski definition) is 2. The molecule has 0 aliphatic carbocycles. The lowest BCUT2D eigenvalue weighted by atomic mass is 10.2. The van der Waals surface area contributed by atoms with Gasteiger partial charge >= 0.3 is 6.18 Å². The van der Waals surface area contributed by atoms with E-state index in [0.717, 1.165) is 37.3 Å². The predicted octanol–water partition coefficient (Wildman–Crippen LogP) is 3.91. The zero-order valence-electron chi connectivity index (χ0n) is 14.5. The predicted molar refractivity (Wildman–Crippen MR) is 93.2 cm³/mol. The topological polar surface area (TPSA) is 53.1 Å². The molecule has 1 aromatic carbocycles. The second-order valence-corrected chi connectivity index (χ2v) is 6.00. The lowest BCUT2D eigenvalue weighted by Gasteiger charge is -2.12. The Balaban J connectivity index is 2.02. The molecule has 2 rings (SSSR count). The minimum Gasteiger partial charge on any atom is -0.370 e. The van der Waals surface area contributed by atoms with Crippen molar-refractivity contribution in [2.24, 2.45) is 0 Å². The highest BCUT2D eigenvalue weighted by molar-refractivity contribution is 5.55. The molecule has 0 saturated carbocycles. The van der Waals surface area contributed by atoms with Crippen LogP contribution < -0.4 is 10.6 Å². The Labute approximate surface area is 145 Å². The minimum atomic E-state index is -4.35. The summed E-state index contributed by atoms with van der Waals surface area (Å²) in [7, 11) is 4.03. The number of halogens is 3. The molecule has 0 unspecified atom stereocenters. The van der Waals surface area contributed by atoms with E-state index in [1.807, 2.05) is 27.1 Å². The molecule has 0 spiro atoms. The molecule has 0 fully saturated rings. The molecule has 0 atom stereocenters. The third-order valence-electron chi connectivity index (χ3n) is 3.41. The fourth-order valence-corrected chi connectivity index (χ4v) is 2.20. The van der Waals surface area contributed by atoms with Gasteiger partial charge < -0.3 is 15.5 Å². The summed E-state index contributed by atoms with van der Waals surface area (Å²) in [6.45, 7) is 3.58. The van der Waals surface area contributed by atoms with Gasteiger partial charge in [0.1, 0.15) is 5.82 Å². The molecular formula is C17H22F3N5. The largest absolute Gasteiger partial charge is 0.416 e. The average Bonchev–Trinajstić information content (AvgIpc) is 2.50. The van der Waals surface area contributed by atoms with Crippen LogP contribution in [0.1, 0.15) is 17.7 Å². The van der Waals surface area contributed by atoms with Gasteiger partial charge in [0.2, 0.25) is 5.95 Å². The van der Waals surface area contributed by atoms with Crippen LogP contribution >= 0.6 is 0 Å². The number of alkyl halides is 3. The first-order valence-corrected chi connectivity index (χ1v) is 7.92. The summed E-state index contributed by atoms with van der Waals surface area (Å²) in [5.74, 6) is 1.02. The molecule has 2 aromatic rings. The Morgan fingerprint density at radius 2 is 1.76 bits per heavy atom. The van der Waals surface area contributed by atoms with E-state index in [-0.39, 0.29) is 0 Å². The van der Waals surface area contributed by atoms with Crippen molar-refractivity contribution < 1.29 is 13.2 Å². The smallest absolute Gasteiger partial charge is 0.370 e. The maximum atomic E-state index is 12.6. The molecule has 25 heavy (non-hydrogen) atoms. The molecule has 5 nitrogen and oxygen atoms in total. The molecular weight excluding hydrogens is 331 g/mol. The second-order valence-electron chi connectivity index (χ2n) is 6.00. The first kappa shape index (κ1) is 19.0. The fourth-order valence-electron chi connectivity index (χ4n) is 2.20. The summed E-state index contributed by atoms with van der Waals surface area (Å²) in [4.78, 5) is 10.7. The van der Waals surface area contributed by atoms with E-state index < -0.39 is 11.7 Å². The maximum absolute atomic E-state index is 12.6. The molecule has 136 valence electrons. The van der Waals surface area contributed by atoms with E-state index in [2.05, 4.69) is 25.5 Å². The first-order chi connectivity index (χ1) is 11.7. The lowest BCUT2D eigenvalue weighted by Crippen LogP contribution is -2.17. The summed E-state index contributed by atoms with van der Waals surface area (Å²) in [6.07, 6.45) is -3.38. The molecule has 0 saturated heterocycles. The van der Waals surface area contributed by atoms with E-state index in [0.29, 0.717) is 17.5 Å². The Bertz CT molecular complexity index is 684. The summed E-state index contributed by atoms with van der Waals surface area (Å²) in [5.41, 5.74) is 0.572. The molecule has 2 N–H and O–H groups in total. The number of nitrogens with one attached hydrogen (secondary N) is 2. The van der Waals surface area contributed by atoms with Crippen LogP contribution in [-0.4, -0.2) is 42.1 Å². The van der Waals surface area contributed by atoms with Crippen LogP contribution in [0.5, 0.6) is 0 Å².